The van der Waals surface area contributed by atoms with Gasteiger partial charge in [0.05, 0.1) is 17.6 Å². The number of anilines is 1. The van der Waals surface area contributed by atoms with Crippen molar-refractivity contribution in [3.8, 4) is 11.3 Å². The fourth-order valence-corrected chi connectivity index (χ4v) is 4.09. The van der Waals surface area contributed by atoms with Crippen molar-refractivity contribution in [1.82, 2.24) is 4.98 Å². The minimum atomic E-state index is -4.50. The van der Waals surface area contributed by atoms with Gasteiger partial charge >= 0.3 is 0 Å². The number of nitrogen functional groups attached to an aromatic ring is 1. The molecule has 1 heterocycles. The van der Waals surface area contributed by atoms with Crippen LogP contribution < -0.4 is 5.73 Å². The summed E-state index contributed by atoms with van der Waals surface area (Å²) in [6.07, 6.45) is 1.48. The van der Waals surface area contributed by atoms with Crippen LogP contribution in [-0.2, 0) is 10.1 Å². The lowest BCUT2D eigenvalue weighted by Crippen LogP contribution is -2.01. The van der Waals surface area contributed by atoms with E-state index in [1.807, 2.05) is 12.1 Å². The van der Waals surface area contributed by atoms with Crippen LogP contribution in [0.3, 0.4) is 0 Å². The summed E-state index contributed by atoms with van der Waals surface area (Å²) < 4.78 is 33.3. The Morgan fingerprint density at radius 1 is 0.969 bits per heavy atom. The number of carbonyl (C=O) groups excluding carboxylic acids is 1. The van der Waals surface area contributed by atoms with Gasteiger partial charge in [-0.25, -0.2) is 0 Å². The fourth-order valence-electron chi connectivity index (χ4n) is 3.38. The summed E-state index contributed by atoms with van der Waals surface area (Å²) in [7, 11) is -4.50. The number of ketones is 1. The number of nitrogens with zero attached hydrogens (tertiary/aromatic N) is 3. The number of pyridine rings is 1. The maximum absolute atomic E-state index is 11.9. The van der Waals surface area contributed by atoms with Gasteiger partial charge in [0.2, 0.25) is 0 Å². The number of nitrogens with two attached hydrogens (primary N) is 1. The minimum absolute atomic E-state index is 0.0624. The van der Waals surface area contributed by atoms with E-state index in [1.54, 1.807) is 48.5 Å². The molecule has 4 rings (SSSR count). The molecule has 0 spiro atoms. The van der Waals surface area contributed by atoms with E-state index >= 15 is 0 Å². The topological polar surface area (TPSA) is 135 Å². The Morgan fingerprint density at radius 2 is 1.66 bits per heavy atom. The van der Waals surface area contributed by atoms with Crippen LogP contribution in [-0.4, -0.2) is 23.7 Å². The van der Waals surface area contributed by atoms with Crippen LogP contribution in [0, 0.1) is 0 Å². The van der Waals surface area contributed by atoms with Gasteiger partial charge < -0.3 is 5.73 Å². The largest absolute Gasteiger partial charge is 0.396 e. The van der Waals surface area contributed by atoms with Crippen molar-refractivity contribution in [3.05, 3.63) is 78.5 Å². The first-order valence-corrected chi connectivity index (χ1v) is 11.0. The first kappa shape index (κ1) is 21.3. The molecule has 0 amide bonds. The van der Waals surface area contributed by atoms with Gasteiger partial charge in [-0.05, 0) is 25.1 Å². The zero-order chi connectivity index (χ0) is 22.9. The molecule has 1 aromatic heterocycles. The molecular formula is C23H18N4O4S. The number of rotatable bonds is 5. The van der Waals surface area contributed by atoms with Crippen LogP contribution in [0.4, 0.5) is 17.1 Å². The van der Waals surface area contributed by atoms with E-state index < -0.39 is 10.1 Å². The van der Waals surface area contributed by atoms with Gasteiger partial charge in [0.25, 0.3) is 10.1 Å². The number of benzene rings is 3. The smallest absolute Gasteiger partial charge is 0.295 e. The number of azo groups is 1. The quantitative estimate of drug-likeness (QED) is 0.184. The number of hydrogen-bond acceptors (Lipinski definition) is 7. The summed E-state index contributed by atoms with van der Waals surface area (Å²) in [5, 5.41) is 8.91. The highest BCUT2D eigenvalue weighted by molar-refractivity contribution is 7.86. The normalized spacial score (nSPS) is 11.8. The minimum Gasteiger partial charge on any atom is -0.396 e. The van der Waals surface area contributed by atoms with Gasteiger partial charge in [0.15, 0.2) is 5.78 Å². The number of aromatic nitrogens is 1. The summed E-state index contributed by atoms with van der Waals surface area (Å²) in [4.78, 5) is 15.9. The van der Waals surface area contributed by atoms with Crippen LogP contribution in [0.1, 0.15) is 17.3 Å². The third-order valence-electron chi connectivity index (χ3n) is 4.91. The monoisotopic (exact) mass is 446 g/mol. The average molecular weight is 446 g/mol. The molecule has 3 aromatic carbocycles. The van der Waals surface area contributed by atoms with Crippen molar-refractivity contribution in [2.75, 3.05) is 5.73 Å². The van der Waals surface area contributed by atoms with E-state index in [1.165, 1.54) is 19.2 Å². The molecule has 4 aromatic rings. The molecule has 3 N–H and O–H groups in total. The molecule has 0 radical (unpaired) electrons. The van der Waals surface area contributed by atoms with E-state index in [0.29, 0.717) is 33.3 Å². The van der Waals surface area contributed by atoms with Crippen molar-refractivity contribution in [1.29, 1.82) is 0 Å². The maximum Gasteiger partial charge on any atom is 0.295 e. The van der Waals surface area contributed by atoms with E-state index in [0.717, 1.165) is 0 Å². The molecule has 9 heteroatoms. The average Bonchev–Trinajstić information content (AvgIpc) is 2.78. The number of fused-ring (bicyclic) bond motifs is 1. The highest BCUT2D eigenvalue weighted by atomic mass is 32.2. The summed E-state index contributed by atoms with van der Waals surface area (Å²) >= 11 is 0. The molecule has 0 saturated heterocycles. The van der Waals surface area contributed by atoms with Crippen LogP contribution in [0.2, 0.25) is 0 Å². The molecule has 32 heavy (non-hydrogen) atoms. The zero-order valence-electron chi connectivity index (χ0n) is 16.9. The second-order valence-corrected chi connectivity index (χ2v) is 8.42. The van der Waals surface area contributed by atoms with Crippen LogP contribution >= 0.6 is 0 Å². The highest BCUT2D eigenvalue weighted by Gasteiger charge is 2.18. The Morgan fingerprint density at radius 3 is 2.31 bits per heavy atom. The lowest BCUT2D eigenvalue weighted by Gasteiger charge is -2.09. The Labute approximate surface area is 184 Å². The first-order valence-electron chi connectivity index (χ1n) is 9.52. The highest BCUT2D eigenvalue weighted by Crippen LogP contribution is 2.36. The van der Waals surface area contributed by atoms with Crippen molar-refractivity contribution >= 4 is 43.7 Å². The zero-order valence-corrected chi connectivity index (χ0v) is 17.7. The van der Waals surface area contributed by atoms with Gasteiger partial charge in [-0.2, -0.15) is 8.42 Å². The lowest BCUT2D eigenvalue weighted by atomic mass is 10.0. The van der Waals surface area contributed by atoms with Crippen LogP contribution in [0.15, 0.2) is 88.1 Å². The lowest BCUT2D eigenvalue weighted by molar-refractivity contribution is 0.101. The van der Waals surface area contributed by atoms with E-state index in [9.17, 15) is 17.8 Å². The van der Waals surface area contributed by atoms with Crippen molar-refractivity contribution in [2.45, 2.75) is 11.8 Å². The molecule has 0 fully saturated rings. The number of carbonyl (C=O) groups is 1. The van der Waals surface area contributed by atoms with Crippen molar-refractivity contribution < 1.29 is 17.8 Å². The maximum atomic E-state index is 11.9. The molecule has 0 saturated carbocycles. The molecule has 0 atom stereocenters. The van der Waals surface area contributed by atoms with Gasteiger partial charge in [0, 0.05) is 21.9 Å². The van der Waals surface area contributed by atoms with Crippen molar-refractivity contribution in [2.24, 2.45) is 10.2 Å². The summed E-state index contributed by atoms with van der Waals surface area (Å²) in [6, 6.07) is 18.3. The van der Waals surface area contributed by atoms with Gasteiger partial charge in [-0.1, -0.05) is 48.5 Å². The Balaban J connectivity index is 1.72. The molecule has 160 valence electrons. The van der Waals surface area contributed by atoms with Crippen molar-refractivity contribution in [3.63, 3.8) is 0 Å². The van der Waals surface area contributed by atoms with E-state index in [-0.39, 0.29) is 22.1 Å². The summed E-state index contributed by atoms with van der Waals surface area (Å²) in [6.45, 7) is 1.50. The van der Waals surface area contributed by atoms with Gasteiger partial charge in [0.1, 0.15) is 16.3 Å². The molecule has 0 aliphatic rings. The Kier molecular flexibility index (Phi) is 5.52. The molecule has 0 unspecified atom stereocenters. The fraction of sp³-hybridized carbons (Fsp3) is 0.0435. The standard InChI is InChI=1S/C23H18N4O4S/c1-14(28)16-6-2-3-7-17(16)20-11-10-15(13-25-20)26-27-21-12-22(32(29,30)31)18-8-4-5-9-19(18)23(21)24/h2-13H,24H2,1H3,(H,29,30,31). The Hall–Kier alpha value is -3.95. The van der Waals surface area contributed by atoms with Gasteiger partial charge in [-0.15, -0.1) is 10.2 Å². The molecule has 0 aliphatic carbocycles. The van der Waals surface area contributed by atoms with Crippen LogP contribution in [0.5, 0.6) is 0 Å². The summed E-state index contributed by atoms with van der Waals surface area (Å²) in [5.74, 6) is -0.0624. The SMILES string of the molecule is CC(=O)c1ccccc1-c1ccc(N=Nc2cc(S(=O)(=O)O)c3ccccc3c2N)cn1. The molecule has 8 nitrogen and oxygen atoms in total. The predicted octanol–water partition coefficient (Wildman–Crippen LogP) is 5.35. The molecule has 0 aliphatic heterocycles. The Bertz CT molecular complexity index is 1480. The first-order chi connectivity index (χ1) is 15.3. The third-order valence-corrected chi connectivity index (χ3v) is 5.80. The van der Waals surface area contributed by atoms with E-state index in [4.69, 9.17) is 5.73 Å². The second kappa shape index (κ2) is 8.29. The summed E-state index contributed by atoms with van der Waals surface area (Å²) in [5.41, 5.74) is 8.77. The number of hydrogen-bond donors (Lipinski definition) is 2. The van der Waals surface area contributed by atoms with Crippen LogP contribution in [0.25, 0.3) is 22.0 Å². The molecular weight excluding hydrogens is 428 g/mol. The number of Topliss-reactive ketones (excluding diaryl/α,β-unsaturated/α-hetero) is 1. The third kappa shape index (κ3) is 4.11. The molecule has 0 bridgehead atoms. The predicted molar refractivity (Wildman–Crippen MR) is 122 cm³/mol. The van der Waals surface area contributed by atoms with E-state index in [2.05, 4.69) is 15.2 Å². The van der Waals surface area contributed by atoms with Gasteiger partial charge in [-0.3, -0.25) is 14.3 Å². The second-order valence-electron chi connectivity index (χ2n) is 7.03.